The van der Waals surface area contributed by atoms with Crippen LogP contribution in [0.4, 0.5) is 0 Å². The van der Waals surface area contributed by atoms with Crippen LogP contribution in [-0.4, -0.2) is 28.8 Å². The van der Waals surface area contributed by atoms with Crippen LogP contribution in [0.2, 0.25) is 5.02 Å². The summed E-state index contributed by atoms with van der Waals surface area (Å²) in [6.45, 7) is 0. The number of alkyl halides is 1. The minimum absolute atomic E-state index is 0.305. The van der Waals surface area contributed by atoms with Crippen LogP contribution in [0.15, 0.2) is 18.2 Å². The van der Waals surface area contributed by atoms with E-state index in [1.807, 2.05) is 0 Å². The second kappa shape index (κ2) is 5.70. The quantitative estimate of drug-likeness (QED) is 0.837. The van der Waals surface area contributed by atoms with E-state index in [0.717, 1.165) is 0 Å². The van der Waals surface area contributed by atoms with Gasteiger partial charge in [0.15, 0.2) is 0 Å². The van der Waals surface area contributed by atoms with Gasteiger partial charge in [-0.15, -0.1) is 0 Å². The Balaban J connectivity index is 2.95. The molecule has 15 heavy (non-hydrogen) atoms. The maximum Gasteiger partial charge on any atom is 0.137 e. The molecule has 0 fully saturated rings. The lowest BCUT2D eigenvalue weighted by atomic mass is 10.1. The van der Waals surface area contributed by atoms with Crippen LogP contribution < -0.4 is 4.74 Å². The molecule has 0 amide bonds. The van der Waals surface area contributed by atoms with Crippen LogP contribution >= 0.6 is 27.5 Å². The minimum atomic E-state index is -0.949. The zero-order chi connectivity index (χ0) is 11.4. The van der Waals surface area contributed by atoms with Gasteiger partial charge in [-0.3, -0.25) is 0 Å². The SMILES string of the molecule is COc1cc(C(O)C(O)CBr)ccc1Cl. The van der Waals surface area contributed by atoms with Crippen molar-refractivity contribution in [3.05, 3.63) is 28.8 Å². The average Bonchev–Trinajstić information content (AvgIpc) is 2.27. The maximum absolute atomic E-state index is 9.72. The molecule has 0 aliphatic carbocycles. The Morgan fingerprint density at radius 1 is 1.47 bits per heavy atom. The fourth-order valence-electron chi connectivity index (χ4n) is 1.17. The molecule has 0 heterocycles. The molecule has 1 aromatic rings. The van der Waals surface area contributed by atoms with Gasteiger partial charge in [-0.1, -0.05) is 33.6 Å². The Morgan fingerprint density at radius 3 is 2.67 bits per heavy atom. The van der Waals surface area contributed by atoms with Gasteiger partial charge in [-0.05, 0) is 17.7 Å². The second-order valence-corrected chi connectivity index (χ2v) is 4.12. The number of ether oxygens (including phenoxy) is 1. The lowest BCUT2D eigenvalue weighted by molar-refractivity contribution is 0.0341. The molecule has 2 unspecified atom stereocenters. The van der Waals surface area contributed by atoms with Crippen molar-refractivity contribution >= 4 is 27.5 Å². The van der Waals surface area contributed by atoms with E-state index in [-0.39, 0.29) is 0 Å². The highest BCUT2D eigenvalue weighted by Gasteiger charge is 2.18. The Kier molecular flexibility index (Phi) is 4.86. The summed E-state index contributed by atoms with van der Waals surface area (Å²) in [4.78, 5) is 0. The molecule has 3 nitrogen and oxygen atoms in total. The van der Waals surface area contributed by atoms with Gasteiger partial charge in [0.1, 0.15) is 11.9 Å². The molecule has 2 N–H and O–H groups in total. The average molecular weight is 296 g/mol. The van der Waals surface area contributed by atoms with Gasteiger partial charge in [0.2, 0.25) is 0 Å². The molecule has 0 radical (unpaired) electrons. The summed E-state index contributed by atoms with van der Waals surface area (Å²) in [6.07, 6.45) is -1.80. The number of hydrogen-bond donors (Lipinski definition) is 2. The summed E-state index contributed by atoms with van der Waals surface area (Å²) in [5.74, 6) is 0.481. The molecule has 0 saturated carbocycles. The second-order valence-electron chi connectivity index (χ2n) is 3.06. The first-order valence-electron chi connectivity index (χ1n) is 4.35. The van der Waals surface area contributed by atoms with Gasteiger partial charge in [0.25, 0.3) is 0 Å². The Morgan fingerprint density at radius 2 is 2.13 bits per heavy atom. The van der Waals surface area contributed by atoms with Crippen LogP contribution in [0, 0.1) is 0 Å². The predicted octanol–water partition coefficient (Wildman–Crippen LogP) is 2.14. The van der Waals surface area contributed by atoms with Crippen LogP contribution in [0.25, 0.3) is 0 Å². The fraction of sp³-hybridized carbons (Fsp3) is 0.400. The van der Waals surface area contributed by atoms with Gasteiger partial charge in [0, 0.05) is 5.33 Å². The van der Waals surface area contributed by atoms with Crippen molar-refractivity contribution in [3.8, 4) is 5.75 Å². The van der Waals surface area contributed by atoms with Crippen LogP contribution in [0.1, 0.15) is 11.7 Å². The molecule has 0 saturated heterocycles. The molecule has 0 aromatic heterocycles. The number of halogens is 2. The van der Waals surface area contributed by atoms with Gasteiger partial charge in [-0.2, -0.15) is 0 Å². The molecule has 5 heteroatoms. The normalized spacial score (nSPS) is 14.7. The van der Waals surface area contributed by atoms with Gasteiger partial charge >= 0.3 is 0 Å². The van der Waals surface area contributed by atoms with Crippen molar-refractivity contribution in [2.24, 2.45) is 0 Å². The molecule has 0 aliphatic heterocycles. The molecule has 0 bridgehead atoms. The number of benzene rings is 1. The highest BCUT2D eigenvalue weighted by atomic mass is 79.9. The van der Waals surface area contributed by atoms with Crippen molar-refractivity contribution in [1.29, 1.82) is 0 Å². The Hall–Kier alpha value is -0.290. The number of hydrogen-bond acceptors (Lipinski definition) is 3. The maximum atomic E-state index is 9.72. The first-order valence-corrected chi connectivity index (χ1v) is 5.85. The third kappa shape index (κ3) is 3.08. The smallest absolute Gasteiger partial charge is 0.137 e. The van der Waals surface area contributed by atoms with E-state index >= 15 is 0 Å². The van der Waals surface area contributed by atoms with Crippen LogP contribution in [-0.2, 0) is 0 Å². The standard InChI is InChI=1S/C10H12BrClO3/c1-15-9-4-6(2-3-7(9)12)10(14)8(13)5-11/h2-4,8,10,13-14H,5H2,1H3. The van der Waals surface area contributed by atoms with E-state index in [9.17, 15) is 10.2 Å². The van der Waals surface area contributed by atoms with E-state index in [0.29, 0.717) is 21.7 Å². The van der Waals surface area contributed by atoms with E-state index in [1.54, 1.807) is 18.2 Å². The molecule has 0 spiro atoms. The topological polar surface area (TPSA) is 49.7 Å². The molecule has 84 valence electrons. The molecular weight excluding hydrogens is 283 g/mol. The third-order valence-corrected chi connectivity index (χ3v) is 3.01. The molecule has 0 aliphatic rings. The van der Waals surface area contributed by atoms with Crippen LogP contribution in [0.3, 0.4) is 0 Å². The van der Waals surface area contributed by atoms with Crippen molar-refractivity contribution in [2.45, 2.75) is 12.2 Å². The molecule has 1 rings (SSSR count). The highest BCUT2D eigenvalue weighted by Crippen LogP contribution is 2.29. The largest absolute Gasteiger partial charge is 0.495 e. The Labute approximate surface area is 102 Å². The number of methoxy groups -OCH3 is 1. The summed E-state index contributed by atoms with van der Waals surface area (Å²) in [5, 5.41) is 19.9. The summed E-state index contributed by atoms with van der Waals surface area (Å²) in [7, 11) is 1.50. The van der Waals surface area contributed by atoms with E-state index < -0.39 is 12.2 Å². The van der Waals surface area contributed by atoms with Gasteiger partial charge < -0.3 is 14.9 Å². The third-order valence-electron chi connectivity index (χ3n) is 2.04. The van der Waals surface area contributed by atoms with Crippen molar-refractivity contribution in [3.63, 3.8) is 0 Å². The van der Waals surface area contributed by atoms with Crippen molar-refractivity contribution in [1.82, 2.24) is 0 Å². The lowest BCUT2D eigenvalue weighted by Crippen LogP contribution is -2.19. The fourth-order valence-corrected chi connectivity index (χ4v) is 1.72. The summed E-state index contributed by atoms with van der Waals surface area (Å²) in [5.41, 5.74) is 0.572. The van der Waals surface area contributed by atoms with E-state index in [4.69, 9.17) is 16.3 Å². The van der Waals surface area contributed by atoms with Gasteiger partial charge in [0.05, 0.1) is 18.2 Å². The van der Waals surface area contributed by atoms with Crippen LogP contribution in [0.5, 0.6) is 5.75 Å². The zero-order valence-corrected chi connectivity index (χ0v) is 10.5. The van der Waals surface area contributed by atoms with E-state index in [2.05, 4.69) is 15.9 Å². The zero-order valence-electron chi connectivity index (χ0n) is 8.15. The minimum Gasteiger partial charge on any atom is -0.495 e. The molecule has 1 aromatic carbocycles. The van der Waals surface area contributed by atoms with Gasteiger partial charge in [-0.25, -0.2) is 0 Å². The lowest BCUT2D eigenvalue weighted by Gasteiger charge is -2.16. The summed E-state index contributed by atoms with van der Waals surface area (Å²) < 4.78 is 5.01. The first-order chi connectivity index (χ1) is 7.10. The predicted molar refractivity (Wildman–Crippen MR) is 62.8 cm³/mol. The monoisotopic (exact) mass is 294 g/mol. The number of rotatable bonds is 4. The first kappa shape index (κ1) is 12.8. The van der Waals surface area contributed by atoms with Crippen molar-refractivity contribution < 1.29 is 14.9 Å². The summed E-state index contributed by atoms with van der Waals surface area (Å²) in [6, 6.07) is 4.89. The van der Waals surface area contributed by atoms with Crippen molar-refractivity contribution in [2.75, 3.05) is 12.4 Å². The van der Waals surface area contributed by atoms with E-state index in [1.165, 1.54) is 7.11 Å². The number of aliphatic hydroxyl groups excluding tert-OH is 2. The Bertz CT molecular complexity index is 332. The molecule has 2 atom stereocenters. The summed E-state index contributed by atoms with van der Waals surface area (Å²) >= 11 is 8.93. The number of aliphatic hydroxyl groups is 2. The molecular formula is C10H12BrClO3. The highest BCUT2D eigenvalue weighted by molar-refractivity contribution is 9.09.